The zero-order valence-corrected chi connectivity index (χ0v) is 11.9. The Labute approximate surface area is 112 Å². The number of unbranched alkanes of at least 4 members (excludes halogenated alkanes) is 4. The van der Waals surface area contributed by atoms with Gasteiger partial charge in [-0.25, -0.2) is 0 Å². The predicted octanol–water partition coefficient (Wildman–Crippen LogP) is 1.91. The number of carbonyl (C=O) groups is 1. The van der Waals surface area contributed by atoms with Crippen molar-refractivity contribution in [2.24, 2.45) is 5.73 Å². The summed E-state index contributed by atoms with van der Waals surface area (Å²) in [6.45, 7) is 4.32. The molecule has 0 saturated heterocycles. The number of nitrogens with zero attached hydrogens (tertiary/aromatic N) is 1. The first-order chi connectivity index (χ1) is 8.76. The first kappa shape index (κ1) is 17.4. The molecule has 18 heavy (non-hydrogen) atoms. The molecule has 0 unspecified atom stereocenters. The maximum atomic E-state index is 12.0. The van der Waals surface area contributed by atoms with Gasteiger partial charge in [-0.1, -0.05) is 32.6 Å². The van der Waals surface area contributed by atoms with E-state index in [0.717, 1.165) is 25.8 Å². The van der Waals surface area contributed by atoms with Crippen molar-refractivity contribution in [2.45, 2.75) is 58.3 Å². The molecule has 0 heterocycles. The van der Waals surface area contributed by atoms with Crippen LogP contribution in [-0.2, 0) is 4.79 Å². The van der Waals surface area contributed by atoms with Crippen LogP contribution in [0.3, 0.4) is 0 Å². The van der Waals surface area contributed by atoms with Gasteiger partial charge in [-0.3, -0.25) is 4.79 Å². The van der Waals surface area contributed by atoms with E-state index in [1.807, 2.05) is 4.90 Å². The molecule has 0 aromatic carbocycles. The monoisotopic (exact) mass is 258 g/mol. The van der Waals surface area contributed by atoms with Crippen LogP contribution in [0.25, 0.3) is 0 Å². The van der Waals surface area contributed by atoms with Crippen molar-refractivity contribution in [1.82, 2.24) is 4.90 Å². The Kier molecular flexibility index (Phi) is 12.4. The molecule has 0 aromatic heterocycles. The average Bonchev–Trinajstić information content (AvgIpc) is 2.38. The van der Waals surface area contributed by atoms with Crippen LogP contribution in [-0.4, -0.2) is 42.2 Å². The highest BCUT2D eigenvalue weighted by Crippen LogP contribution is 2.07. The van der Waals surface area contributed by atoms with Gasteiger partial charge in [0.25, 0.3) is 0 Å². The summed E-state index contributed by atoms with van der Waals surface area (Å²) in [5.41, 5.74) is 5.47. The SMILES string of the molecule is CCCCCCCC(=O)N(CCCN)CCCO. The van der Waals surface area contributed by atoms with E-state index in [1.165, 1.54) is 19.3 Å². The summed E-state index contributed by atoms with van der Waals surface area (Å²) in [6.07, 6.45) is 7.98. The zero-order chi connectivity index (χ0) is 13.6. The Bertz CT molecular complexity index is 190. The molecule has 0 aliphatic rings. The van der Waals surface area contributed by atoms with Crippen molar-refractivity contribution < 1.29 is 9.90 Å². The quantitative estimate of drug-likeness (QED) is 0.525. The molecule has 0 spiro atoms. The lowest BCUT2D eigenvalue weighted by atomic mass is 10.1. The van der Waals surface area contributed by atoms with Crippen LogP contribution in [0.15, 0.2) is 0 Å². The molecule has 4 heteroatoms. The van der Waals surface area contributed by atoms with E-state index in [-0.39, 0.29) is 12.5 Å². The lowest BCUT2D eigenvalue weighted by Crippen LogP contribution is -2.34. The largest absolute Gasteiger partial charge is 0.396 e. The number of aliphatic hydroxyl groups excluding tert-OH is 1. The molecule has 3 N–H and O–H groups in total. The standard InChI is InChI=1S/C14H30N2O2/c1-2-3-4-5-6-9-14(18)16(11-7-10-15)12-8-13-17/h17H,2-13,15H2,1H3. The second kappa shape index (κ2) is 12.8. The third kappa shape index (κ3) is 9.42. The first-order valence-electron chi connectivity index (χ1n) is 7.35. The van der Waals surface area contributed by atoms with Crippen LogP contribution in [0.5, 0.6) is 0 Å². The minimum atomic E-state index is 0.142. The number of hydrogen-bond donors (Lipinski definition) is 2. The van der Waals surface area contributed by atoms with Crippen LogP contribution < -0.4 is 5.73 Å². The molecule has 108 valence electrons. The normalized spacial score (nSPS) is 10.6. The van der Waals surface area contributed by atoms with E-state index in [9.17, 15) is 4.79 Å². The van der Waals surface area contributed by atoms with Crippen LogP contribution >= 0.6 is 0 Å². The van der Waals surface area contributed by atoms with E-state index in [2.05, 4.69) is 6.92 Å². The van der Waals surface area contributed by atoms with Gasteiger partial charge >= 0.3 is 0 Å². The van der Waals surface area contributed by atoms with Crippen molar-refractivity contribution in [2.75, 3.05) is 26.2 Å². The third-order valence-corrected chi connectivity index (χ3v) is 3.07. The molecule has 4 nitrogen and oxygen atoms in total. The smallest absolute Gasteiger partial charge is 0.222 e. The van der Waals surface area contributed by atoms with Crippen LogP contribution in [0.1, 0.15) is 58.3 Å². The summed E-state index contributed by atoms with van der Waals surface area (Å²) in [5, 5.41) is 8.83. The van der Waals surface area contributed by atoms with Gasteiger partial charge in [0.15, 0.2) is 0 Å². The fourth-order valence-corrected chi connectivity index (χ4v) is 1.94. The third-order valence-electron chi connectivity index (χ3n) is 3.07. The van der Waals surface area contributed by atoms with Gasteiger partial charge in [0, 0.05) is 26.1 Å². The molecule has 0 fully saturated rings. The van der Waals surface area contributed by atoms with Crippen molar-refractivity contribution in [1.29, 1.82) is 0 Å². The second-order valence-corrected chi connectivity index (χ2v) is 4.76. The topological polar surface area (TPSA) is 66.6 Å². The number of aliphatic hydroxyl groups is 1. The van der Waals surface area contributed by atoms with Gasteiger partial charge in [-0.05, 0) is 25.8 Å². The van der Waals surface area contributed by atoms with Crippen LogP contribution in [0.4, 0.5) is 0 Å². The first-order valence-corrected chi connectivity index (χ1v) is 7.35. The Balaban J connectivity index is 3.80. The molecule has 0 atom stereocenters. The zero-order valence-electron chi connectivity index (χ0n) is 11.9. The average molecular weight is 258 g/mol. The van der Waals surface area contributed by atoms with Crippen molar-refractivity contribution >= 4 is 5.91 Å². The Hall–Kier alpha value is -0.610. The van der Waals surface area contributed by atoms with E-state index in [4.69, 9.17) is 10.8 Å². The summed E-state index contributed by atoms with van der Waals surface area (Å²) in [7, 11) is 0. The maximum absolute atomic E-state index is 12.0. The van der Waals surface area contributed by atoms with E-state index < -0.39 is 0 Å². The van der Waals surface area contributed by atoms with Gasteiger partial charge in [-0.15, -0.1) is 0 Å². The van der Waals surface area contributed by atoms with E-state index >= 15 is 0 Å². The molecule has 1 amide bonds. The van der Waals surface area contributed by atoms with Gasteiger partial charge in [-0.2, -0.15) is 0 Å². The van der Waals surface area contributed by atoms with Crippen molar-refractivity contribution in [3.05, 3.63) is 0 Å². The second-order valence-electron chi connectivity index (χ2n) is 4.76. The number of rotatable bonds is 12. The molecule has 0 radical (unpaired) electrons. The fourth-order valence-electron chi connectivity index (χ4n) is 1.94. The lowest BCUT2D eigenvalue weighted by molar-refractivity contribution is -0.131. The molecular weight excluding hydrogens is 228 g/mol. The fraction of sp³-hybridized carbons (Fsp3) is 0.929. The highest BCUT2D eigenvalue weighted by molar-refractivity contribution is 5.76. The van der Waals surface area contributed by atoms with E-state index in [0.29, 0.717) is 25.9 Å². The number of amides is 1. The van der Waals surface area contributed by atoms with Crippen molar-refractivity contribution in [3.63, 3.8) is 0 Å². The molecule has 0 saturated carbocycles. The predicted molar refractivity (Wildman–Crippen MR) is 75.3 cm³/mol. The van der Waals surface area contributed by atoms with E-state index in [1.54, 1.807) is 0 Å². The van der Waals surface area contributed by atoms with Crippen LogP contribution in [0, 0.1) is 0 Å². The Morgan fingerprint density at radius 3 is 2.33 bits per heavy atom. The summed E-state index contributed by atoms with van der Waals surface area (Å²) in [5.74, 6) is 0.216. The van der Waals surface area contributed by atoms with Gasteiger partial charge < -0.3 is 15.7 Å². The van der Waals surface area contributed by atoms with Gasteiger partial charge in [0.2, 0.25) is 5.91 Å². The number of carbonyl (C=O) groups excluding carboxylic acids is 1. The molecular formula is C14H30N2O2. The minimum Gasteiger partial charge on any atom is -0.396 e. The van der Waals surface area contributed by atoms with Gasteiger partial charge in [0.05, 0.1) is 0 Å². The van der Waals surface area contributed by atoms with Crippen molar-refractivity contribution in [3.8, 4) is 0 Å². The highest BCUT2D eigenvalue weighted by Gasteiger charge is 2.11. The summed E-state index contributed by atoms with van der Waals surface area (Å²) >= 11 is 0. The molecule has 0 rings (SSSR count). The number of hydrogen-bond acceptors (Lipinski definition) is 3. The van der Waals surface area contributed by atoms with Crippen LogP contribution in [0.2, 0.25) is 0 Å². The Morgan fingerprint density at radius 1 is 1.06 bits per heavy atom. The minimum absolute atomic E-state index is 0.142. The summed E-state index contributed by atoms with van der Waals surface area (Å²) in [6, 6.07) is 0. The Morgan fingerprint density at radius 2 is 1.72 bits per heavy atom. The molecule has 0 aliphatic heterocycles. The summed E-state index contributed by atoms with van der Waals surface area (Å²) in [4.78, 5) is 13.8. The maximum Gasteiger partial charge on any atom is 0.222 e. The molecule has 0 aliphatic carbocycles. The van der Waals surface area contributed by atoms with Gasteiger partial charge in [0.1, 0.15) is 0 Å². The highest BCUT2D eigenvalue weighted by atomic mass is 16.3. The molecule has 0 bridgehead atoms. The summed E-state index contributed by atoms with van der Waals surface area (Å²) < 4.78 is 0. The number of nitrogens with two attached hydrogens (primary N) is 1. The molecule has 0 aromatic rings. The lowest BCUT2D eigenvalue weighted by Gasteiger charge is -2.22.